The van der Waals surface area contributed by atoms with Gasteiger partial charge < -0.3 is 25.4 Å². The molecule has 0 bridgehead atoms. The predicted molar refractivity (Wildman–Crippen MR) is 143 cm³/mol. The van der Waals surface area contributed by atoms with Crippen molar-refractivity contribution in [2.45, 2.75) is 31.9 Å². The number of aromatic nitrogens is 2. The number of para-hydroxylation sites is 1. The standard InChI is InChI=1S/C25H29N3O2S.C2H2O4/c1-18(12-13-19-8-4-3-5-9-19)26-16-20(29)17-30-23-11-7-6-10-21(23)24-25-22(14-15-31-25)28(2)27-24;3-1(4)2(5)6/h3-11,14-15,18,20,26,29H,12-13,16-17H2,1-2H3;(H,3,4)(H,5,6). The van der Waals surface area contributed by atoms with Crippen LogP contribution in [0.3, 0.4) is 0 Å². The summed E-state index contributed by atoms with van der Waals surface area (Å²) in [6.07, 6.45) is 1.46. The number of aliphatic hydroxyl groups is 1. The number of hydrogen-bond acceptors (Lipinski definition) is 7. The van der Waals surface area contributed by atoms with Crippen molar-refractivity contribution >= 4 is 33.5 Å². The molecule has 0 spiro atoms. The molecule has 0 aliphatic carbocycles. The number of aliphatic hydroxyl groups excluding tert-OH is 1. The van der Waals surface area contributed by atoms with Gasteiger partial charge in [-0.1, -0.05) is 42.5 Å². The summed E-state index contributed by atoms with van der Waals surface area (Å²) < 4.78 is 9.06. The van der Waals surface area contributed by atoms with Crippen molar-refractivity contribution in [2.24, 2.45) is 7.05 Å². The van der Waals surface area contributed by atoms with E-state index in [1.54, 1.807) is 11.3 Å². The van der Waals surface area contributed by atoms with E-state index in [-0.39, 0.29) is 6.61 Å². The number of aryl methyl sites for hydroxylation is 2. The summed E-state index contributed by atoms with van der Waals surface area (Å²) >= 11 is 1.68. The van der Waals surface area contributed by atoms with E-state index in [4.69, 9.17) is 24.5 Å². The molecule has 0 saturated heterocycles. The molecule has 196 valence electrons. The summed E-state index contributed by atoms with van der Waals surface area (Å²) in [4.78, 5) is 18.2. The van der Waals surface area contributed by atoms with Crippen molar-refractivity contribution in [3.8, 4) is 17.0 Å². The molecule has 2 aromatic carbocycles. The van der Waals surface area contributed by atoms with Gasteiger partial charge >= 0.3 is 11.9 Å². The number of nitrogens with one attached hydrogen (secondary N) is 1. The topological polar surface area (TPSA) is 134 Å². The number of aliphatic carboxylic acids is 2. The van der Waals surface area contributed by atoms with Crippen molar-refractivity contribution in [1.82, 2.24) is 15.1 Å². The SMILES string of the molecule is CC(CCc1ccccc1)NCC(O)COc1ccccc1-c1nn(C)c2ccsc12.O=C(O)C(=O)O. The van der Waals surface area contributed by atoms with E-state index in [2.05, 4.69) is 53.1 Å². The van der Waals surface area contributed by atoms with Gasteiger partial charge in [0.2, 0.25) is 0 Å². The fourth-order valence-electron chi connectivity index (χ4n) is 3.66. The first-order valence-corrected chi connectivity index (χ1v) is 12.7. The maximum atomic E-state index is 10.4. The molecule has 4 N–H and O–H groups in total. The molecule has 0 aliphatic heterocycles. The number of nitrogens with zero attached hydrogens (tertiary/aromatic N) is 2. The van der Waals surface area contributed by atoms with E-state index < -0.39 is 18.0 Å². The van der Waals surface area contributed by atoms with Gasteiger partial charge in [0.25, 0.3) is 0 Å². The third-order valence-corrected chi connectivity index (χ3v) is 6.54. The summed E-state index contributed by atoms with van der Waals surface area (Å²) in [5, 5.41) is 35.4. The average Bonchev–Trinajstić information content (AvgIpc) is 3.50. The lowest BCUT2D eigenvalue weighted by molar-refractivity contribution is -0.159. The van der Waals surface area contributed by atoms with Gasteiger partial charge in [-0.2, -0.15) is 5.10 Å². The highest BCUT2D eigenvalue weighted by Gasteiger charge is 2.17. The summed E-state index contributed by atoms with van der Waals surface area (Å²) in [6.45, 7) is 2.88. The Morgan fingerprint density at radius 1 is 1.05 bits per heavy atom. The molecule has 10 heteroatoms. The van der Waals surface area contributed by atoms with Crippen molar-refractivity contribution < 1.29 is 29.6 Å². The van der Waals surface area contributed by atoms with E-state index in [0.717, 1.165) is 40.1 Å². The normalized spacial score (nSPS) is 12.4. The van der Waals surface area contributed by atoms with E-state index >= 15 is 0 Å². The fourth-order valence-corrected chi connectivity index (χ4v) is 4.58. The van der Waals surface area contributed by atoms with Crippen LogP contribution in [-0.2, 0) is 23.1 Å². The number of carboxylic acids is 2. The monoisotopic (exact) mass is 525 g/mol. The highest BCUT2D eigenvalue weighted by molar-refractivity contribution is 7.17. The van der Waals surface area contributed by atoms with Gasteiger partial charge in [0, 0.05) is 25.2 Å². The van der Waals surface area contributed by atoms with E-state index in [9.17, 15) is 5.11 Å². The molecule has 4 aromatic rings. The third-order valence-electron chi connectivity index (χ3n) is 5.63. The molecule has 0 amide bonds. The van der Waals surface area contributed by atoms with E-state index in [1.165, 1.54) is 5.56 Å². The van der Waals surface area contributed by atoms with Gasteiger partial charge in [0.15, 0.2) is 0 Å². The molecule has 37 heavy (non-hydrogen) atoms. The van der Waals surface area contributed by atoms with Crippen LogP contribution in [0.1, 0.15) is 18.9 Å². The molecule has 2 atom stereocenters. The van der Waals surface area contributed by atoms with E-state index in [1.807, 2.05) is 42.1 Å². The molecule has 2 heterocycles. The largest absolute Gasteiger partial charge is 0.490 e. The van der Waals surface area contributed by atoms with Gasteiger partial charge in [0.05, 0.1) is 10.2 Å². The number of rotatable bonds is 10. The lowest BCUT2D eigenvalue weighted by Crippen LogP contribution is -2.36. The van der Waals surface area contributed by atoms with Gasteiger partial charge in [-0.25, -0.2) is 9.59 Å². The van der Waals surface area contributed by atoms with Crippen LogP contribution in [0.15, 0.2) is 66.0 Å². The number of thiophene rings is 1. The quantitative estimate of drug-likeness (QED) is 0.230. The van der Waals surface area contributed by atoms with Crippen LogP contribution in [0, 0.1) is 0 Å². The molecule has 2 unspecified atom stereocenters. The number of carboxylic acid groups (broad SMARTS) is 2. The van der Waals surface area contributed by atoms with Gasteiger partial charge in [0.1, 0.15) is 24.2 Å². The predicted octanol–water partition coefficient (Wildman–Crippen LogP) is 3.81. The van der Waals surface area contributed by atoms with Crippen LogP contribution in [0.4, 0.5) is 0 Å². The minimum atomic E-state index is -1.82. The maximum Gasteiger partial charge on any atom is 0.414 e. The minimum Gasteiger partial charge on any atom is -0.490 e. The summed E-state index contributed by atoms with van der Waals surface area (Å²) in [7, 11) is 1.95. The Labute approximate surface area is 218 Å². The van der Waals surface area contributed by atoms with E-state index in [0.29, 0.717) is 12.6 Å². The lowest BCUT2D eigenvalue weighted by atomic mass is 10.1. The zero-order valence-electron chi connectivity index (χ0n) is 20.7. The number of hydrogen-bond donors (Lipinski definition) is 4. The first-order valence-electron chi connectivity index (χ1n) is 11.8. The molecule has 4 rings (SSSR count). The molecule has 0 aliphatic rings. The Hall–Kier alpha value is -3.73. The third kappa shape index (κ3) is 8.14. The second kappa shape index (κ2) is 13.5. The number of carbonyl (C=O) groups is 2. The van der Waals surface area contributed by atoms with Crippen LogP contribution in [0.5, 0.6) is 5.75 Å². The minimum absolute atomic E-state index is 0.232. The number of benzene rings is 2. The Balaban J connectivity index is 0.000000568. The Bertz CT molecular complexity index is 1290. The summed E-state index contributed by atoms with van der Waals surface area (Å²) in [5.74, 6) is -2.91. The van der Waals surface area contributed by atoms with Crippen LogP contribution < -0.4 is 10.1 Å². The molecule has 0 saturated carbocycles. The van der Waals surface area contributed by atoms with Gasteiger partial charge in [-0.05, 0) is 48.9 Å². The zero-order chi connectivity index (χ0) is 26.8. The van der Waals surface area contributed by atoms with Crippen LogP contribution in [0.25, 0.3) is 21.5 Å². The Morgan fingerprint density at radius 2 is 1.73 bits per heavy atom. The van der Waals surface area contributed by atoms with Gasteiger partial charge in [-0.15, -0.1) is 11.3 Å². The number of fused-ring (bicyclic) bond motifs is 1. The van der Waals surface area contributed by atoms with Gasteiger partial charge in [-0.3, -0.25) is 4.68 Å². The molecule has 9 nitrogen and oxygen atoms in total. The highest BCUT2D eigenvalue weighted by atomic mass is 32.1. The number of ether oxygens (including phenoxy) is 1. The van der Waals surface area contributed by atoms with Crippen LogP contribution >= 0.6 is 11.3 Å². The fraction of sp³-hybridized carbons (Fsp3) is 0.296. The summed E-state index contributed by atoms with van der Waals surface area (Å²) in [5.41, 5.74) is 4.33. The smallest absolute Gasteiger partial charge is 0.414 e. The van der Waals surface area contributed by atoms with Crippen molar-refractivity contribution in [1.29, 1.82) is 0 Å². The Morgan fingerprint density at radius 3 is 2.43 bits per heavy atom. The molecule has 0 fully saturated rings. The average molecular weight is 526 g/mol. The molecular weight excluding hydrogens is 494 g/mol. The Kier molecular flexibility index (Phi) is 10.2. The highest BCUT2D eigenvalue weighted by Crippen LogP contribution is 2.36. The lowest BCUT2D eigenvalue weighted by Gasteiger charge is -2.18. The second-order valence-corrected chi connectivity index (χ2v) is 9.43. The van der Waals surface area contributed by atoms with Crippen molar-refractivity contribution in [3.63, 3.8) is 0 Å². The molecular formula is C27H31N3O6S. The van der Waals surface area contributed by atoms with Crippen LogP contribution in [-0.4, -0.2) is 62.3 Å². The summed E-state index contributed by atoms with van der Waals surface area (Å²) in [6, 6.07) is 20.8. The zero-order valence-corrected chi connectivity index (χ0v) is 21.5. The maximum absolute atomic E-state index is 10.4. The van der Waals surface area contributed by atoms with Crippen molar-refractivity contribution in [3.05, 3.63) is 71.6 Å². The first kappa shape index (κ1) is 27.9. The molecule has 0 radical (unpaired) electrons. The first-order chi connectivity index (χ1) is 17.8. The second-order valence-electron chi connectivity index (χ2n) is 8.51. The molecule has 2 aromatic heterocycles. The van der Waals surface area contributed by atoms with Crippen molar-refractivity contribution in [2.75, 3.05) is 13.2 Å². The van der Waals surface area contributed by atoms with Crippen LogP contribution in [0.2, 0.25) is 0 Å².